The highest BCUT2D eigenvalue weighted by Crippen LogP contribution is 2.26. The molecule has 1 aromatic carbocycles. The summed E-state index contributed by atoms with van der Waals surface area (Å²) in [6, 6.07) is 9.55. The van der Waals surface area contributed by atoms with Gasteiger partial charge in [-0.05, 0) is 30.7 Å². The lowest BCUT2D eigenvalue weighted by Gasteiger charge is -2.09. The molecule has 0 saturated heterocycles. The fourth-order valence-electron chi connectivity index (χ4n) is 1.56. The first-order chi connectivity index (χ1) is 8.69. The second kappa shape index (κ2) is 5.74. The first-order valence-corrected chi connectivity index (χ1v) is 6.06. The van der Waals surface area contributed by atoms with E-state index in [1.54, 1.807) is 7.11 Å². The molecule has 94 valence electrons. The van der Waals surface area contributed by atoms with Gasteiger partial charge in [0.05, 0.1) is 30.1 Å². The predicted octanol–water partition coefficient (Wildman–Crippen LogP) is 3.66. The van der Waals surface area contributed by atoms with Crippen LogP contribution in [0.3, 0.4) is 0 Å². The van der Waals surface area contributed by atoms with Gasteiger partial charge in [0.1, 0.15) is 5.75 Å². The number of nitrogens with one attached hydrogen (secondary N) is 1. The van der Waals surface area contributed by atoms with Crippen molar-refractivity contribution in [1.82, 2.24) is 4.98 Å². The van der Waals surface area contributed by atoms with Crippen molar-refractivity contribution in [3.05, 3.63) is 52.8 Å². The third-order valence-electron chi connectivity index (χ3n) is 2.61. The Balaban J connectivity index is 2.07. The summed E-state index contributed by atoms with van der Waals surface area (Å²) in [5.41, 5.74) is 2.97. The van der Waals surface area contributed by atoms with Gasteiger partial charge in [-0.25, -0.2) is 0 Å². The molecule has 2 rings (SSSR count). The van der Waals surface area contributed by atoms with Crippen molar-refractivity contribution in [2.45, 2.75) is 13.5 Å². The van der Waals surface area contributed by atoms with Crippen molar-refractivity contribution in [2.75, 3.05) is 12.4 Å². The highest BCUT2D eigenvalue weighted by molar-refractivity contribution is 6.33. The topological polar surface area (TPSA) is 34.1 Å². The SMILES string of the molecule is COc1ccc(Cl)c(NCc2ccc(C)cn2)c1. The van der Waals surface area contributed by atoms with Crippen LogP contribution < -0.4 is 10.1 Å². The molecule has 0 bridgehead atoms. The number of halogens is 1. The monoisotopic (exact) mass is 262 g/mol. The van der Waals surface area contributed by atoms with E-state index >= 15 is 0 Å². The maximum absolute atomic E-state index is 6.11. The van der Waals surface area contributed by atoms with E-state index in [2.05, 4.69) is 10.3 Å². The molecule has 0 saturated carbocycles. The van der Waals surface area contributed by atoms with Gasteiger partial charge in [-0.15, -0.1) is 0 Å². The van der Waals surface area contributed by atoms with Crippen molar-refractivity contribution in [1.29, 1.82) is 0 Å². The Kier molecular flexibility index (Phi) is 4.05. The minimum absolute atomic E-state index is 0.632. The molecular formula is C14H15ClN2O. The minimum Gasteiger partial charge on any atom is -0.497 e. The van der Waals surface area contributed by atoms with E-state index in [-0.39, 0.29) is 0 Å². The van der Waals surface area contributed by atoms with Crippen LogP contribution in [0.25, 0.3) is 0 Å². The van der Waals surface area contributed by atoms with Crippen LogP contribution >= 0.6 is 11.6 Å². The zero-order valence-electron chi connectivity index (χ0n) is 10.4. The Morgan fingerprint density at radius 1 is 1.28 bits per heavy atom. The Morgan fingerprint density at radius 3 is 2.78 bits per heavy atom. The van der Waals surface area contributed by atoms with Crippen molar-refractivity contribution in [2.24, 2.45) is 0 Å². The highest BCUT2D eigenvalue weighted by Gasteiger charge is 2.02. The van der Waals surface area contributed by atoms with Gasteiger partial charge < -0.3 is 10.1 Å². The molecule has 0 amide bonds. The zero-order chi connectivity index (χ0) is 13.0. The second-order valence-corrected chi connectivity index (χ2v) is 4.43. The van der Waals surface area contributed by atoms with Crippen LogP contribution in [0.4, 0.5) is 5.69 Å². The third kappa shape index (κ3) is 3.14. The van der Waals surface area contributed by atoms with Gasteiger partial charge in [0.25, 0.3) is 0 Å². The van der Waals surface area contributed by atoms with E-state index in [1.807, 2.05) is 43.5 Å². The molecule has 4 heteroatoms. The largest absolute Gasteiger partial charge is 0.497 e. The Hall–Kier alpha value is -1.74. The Labute approximate surface area is 112 Å². The quantitative estimate of drug-likeness (QED) is 0.913. The second-order valence-electron chi connectivity index (χ2n) is 4.03. The van der Waals surface area contributed by atoms with E-state index < -0.39 is 0 Å². The third-order valence-corrected chi connectivity index (χ3v) is 2.94. The standard InChI is InChI=1S/C14H15ClN2O/c1-10-3-4-11(16-8-10)9-17-14-7-12(18-2)5-6-13(14)15/h3-8,17H,9H2,1-2H3. The smallest absolute Gasteiger partial charge is 0.121 e. The molecule has 3 nitrogen and oxygen atoms in total. The molecular weight excluding hydrogens is 248 g/mol. The van der Waals surface area contributed by atoms with Gasteiger partial charge in [-0.3, -0.25) is 4.98 Å². The fraction of sp³-hybridized carbons (Fsp3) is 0.214. The number of methoxy groups -OCH3 is 1. The van der Waals surface area contributed by atoms with Crippen molar-refractivity contribution in [3.8, 4) is 5.75 Å². The van der Waals surface area contributed by atoms with Crippen molar-refractivity contribution in [3.63, 3.8) is 0 Å². The molecule has 0 aliphatic carbocycles. The molecule has 0 spiro atoms. The van der Waals surface area contributed by atoms with Crippen LogP contribution in [0.5, 0.6) is 5.75 Å². The lowest BCUT2D eigenvalue weighted by molar-refractivity contribution is 0.415. The number of ether oxygens (including phenoxy) is 1. The summed E-state index contributed by atoms with van der Waals surface area (Å²) in [5.74, 6) is 0.777. The average molecular weight is 263 g/mol. The summed E-state index contributed by atoms with van der Waals surface area (Å²) < 4.78 is 5.16. The van der Waals surface area contributed by atoms with Crippen LogP contribution in [0.2, 0.25) is 5.02 Å². The molecule has 18 heavy (non-hydrogen) atoms. The van der Waals surface area contributed by atoms with Gasteiger partial charge in [-0.2, -0.15) is 0 Å². The van der Waals surface area contributed by atoms with E-state index in [0.717, 1.165) is 22.7 Å². The summed E-state index contributed by atoms with van der Waals surface area (Å²) in [6.45, 7) is 2.65. The number of pyridine rings is 1. The van der Waals surface area contributed by atoms with Gasteiger partial charge in [0, 0.05) is 12.3 Å². The van der Waals surface area contributed by atoms with E-state index in [4.69, 9.17) is 16.3 Å². The predicted molar refractivity (Wildman–Crippen MR) is 74.3 cm³/mol. The van der Waals surface area contributed by atoms with E-state index in [0.29, 0.717) is 11.6 Å². The summed E-state index contributed by atoms with van der Waals surface area (Å²) in [5, 5.41) is 3.92. The summed E-state index contributed by atoms with van der Waals surface area (Å²) in [6.07, 6.45) is 1.85. The first kappa shape index (κ1) is 12.7. The van der Waals surface area contributed by atoms with Crippen LogP contribution in [0, 0.1) is 6.92 Å². The number of benzene rings is 1. The molecule has 2 aromatic rings. The summed E-state index contributed by atoms with van der Waals surface area (Å²) in [4.78, 5) is 4.33. The normalized spacial score (nSPS) is 10.2. The Morgan fingerprint density at radius 2 is 2.11 bits per heavy atom. The molecule has 0 fully saturated rings. The highest BCUT2D eigenvalue weighted by atomic mass is 35.5. The molecule has 1 heterocycles. The molecule has 0 aliphatic heterocycles. The van der Waals surface area contributed by atoms with Crippen molar-refractivity contribution < 1.29 is 4.74 Å². The number of aryl methyl sites for hydroxylation is 1. The molecule has 0 unspecified atom stereocenters. The summed E-state index contributed by atoms with van der Waals surface area (Å²) >= 11 is 6.11. The minimum atomic E-state index is 0.632. The molecule has 1 N–H and O–H groups in total. The molecule has 0 atom stereocenters. The van der Waals surface area contributed by atoms with Crippen LogP contribution in [0.15, 0.2) is 36.5 Å². The van der Waals surface area contributed by atoms with E-state index in [1.165, 1.54) is 0 Å². The van der Waals surface area contributed by atoms with Gasteiger partial charge in [-0.1, -0.05) is 17.7 Å². The van der Waals surface area contributed by atoms with Crippen LogP contribution in [-0.2, 0) is 6.54 Å². The van der Waals surface area contributed by atoms with Gasteiger partial charge >= 0.3 is 0 Å². The molecule has 0 aliphatic rings. The van der Waals surface area contributed by atoms with Crippen molar-refractivity contribution >= 4 is 17.3 Å². The number of rotatable bonds is 4. The maximum atomic E-state index is 6.11. The van der Waals surface area contributed by atoms with E-state index in [9.17, 15) is 0 Å². The lowest BCUT2D eigenvalue weighted by atomic mass is 10.2. The first-order valence-electron chi connectivity index (χ1n) is 5.68. The molecule has 1 aromatic heterocycles. The van der Waals surface area contributed by atoms with Crippen LogP contribution in [-0.4, -0.2) is 12.1 Å². The summed E-state index contributed by atoms with van der Waals surface area (Å²) in [7, 11) is 1.63. The molecule has 0 radical (unpaired) electrons. The number of nitrogens with zero attached hydrogens (tertiary/aromatic N) is 1. The maximum Gasteiger partial charge on any atom is 0.121 e. The number of anilines is 1. The van der Waals surface area contributed by atoms with Gasteiger partial charge in [0.15, 0.2) is 0 Å². The lowest BCUT2D eigenvalue weighted by Crippen LogP contribution is -2.02. The number of aromatic nitrogens is 1. The average Bonchev–Trinajstić information content (AvgIpc) is 2.40. The number of hydrogen-bond acceptors (Lipinski definition) is 3. The zero-order valence-corrected chi connectivity index (χ0v) is 11.2. The number of hydrogen-bond donors (Lipinski definition) is 1. The van der Waals surface area contributed by atoms with Gasteiger partial charge in [0.2, 0.25) is 0 Å². The Bertz CT molecular complexity index is 526. The van der Waals surface area contributed by atoms with Crippen LogP contribution in [0.1, 0.15) is 11.3 Å². The fourth-order valence-corrected chi connectivity index (χ4v) is 1.74.